The lowest BCUT2D eigenvalue weighted by atomic mass is 9.80. The largest absolute Gasteiger partial charge is 0.444 e. The van der Waals surface area contributed by atoms with Crippen LogP contribution in [0.4, 0.5) is 4.79 Å². The molecule has 1 heterocycles. The van der Waals surface area contributed by atoms with Crippen LogP contribution in [0.3, 0.4) is 0 Å². The lowest BCUT2D eigenvalue weighted by Gasteiger charge is -2.35. The molecule has 1 unspecified atom stereocenters. The zero-order valence-electron chi connectivity index (χ0n) is 18.7. The number of fused-ring (bicyclic) bond motifs is 1. The van der Waals surface area contributed by atoms with E-state index in [0.29, 0.717) is 6.42 Å². The van der Waals surface area contributed by atoms with Crippen molar-refractivity contribution in [3.05, 3.63) is 0 Å². The molecule has 2 saturated carbocycles. The smallest absolute Gasteiger partial charge is 0.408 e. The zero-order chi connectivity index (χ0) is 22.1. The first-order valence-electron chi connectivity index (χ1n) is 10.9. The molecule has 1 amide bonds. The number of hydrogen-bond donors (Lipinski definition) is 1. The van der Waals surface area contributed by atoms with Crippen molar-refractivity contribution in [2.45, 2.75) is 76.4 Å². The van der Waals surface area contributed by atoms with E-state index in [2.05, 4.69) is 11.2 Å². The number of terminal acetylenes is 1. The van der Waals surface area contributed by atoms with E-state index < -0.39 is 29.4 Å². The molecule has 1 aliphatic heterocycles. The van der Waals surface area contributed by atoms with Crippen molar-refractivity contribution < 1.29 is 28.5 Å². The van der Waals surface area contributed by atoms with Gasteiger partial charge in [0.25, 0.3) is 0 Å². The van der Waals surface area contributed by atoms with Crippen LogP contribution in [0.5, 0.6) is 0 Å². The molecule has 0 aromatic rings. The highest BCUT2D eigenvalue weighted by Crippen LogP contribution is 2.51. The first kappa shape index (κ1) is 23.1. The van der Waals surface area contributed by atoms with Crippen molar-refractivity contribution >= 4 is 11.9 Å². The third-order valence-electron chi connectivity index (χ3n) is 6.80. The monoisotopic (exact) mass is 421 g/mol. The lowest BCUT2D eigenvalue weighted by molar-refractivity contribution is -0.231. The molecule has 0 radical (unpaired) electrons. The van der Waals surface area contributed by atoms with E-state index in [0.717, 1.165) is 25.7 Å². The topological polar surface area (TPSA) is 83.1 Å². The molecule has 0 bridgehead atoms. The van der Waals surface area contributed by atoms with E-state index >= 15 is 0 Å². The van der Waals surface area contributed by atoms with Crippen LogP contribution >= 0.6 is 0 Å². The second-order valence-electron chi connectivity index (χ2n) is 9.71. The number of nitrogens with one attached hydrogen (secondary N) is 1. The molecule has 0 spiro atoms. The lowest BCUT2D eigenvalue weighted by Crippen LogP contribution is -2.53. The third-order valence-corrected chi connectivity index (χ3v) is 6.80. The van der Waals surface area contributed by atoms with E-state index in [9.17, 15) is 9.59 Å². The average molecular weight is 422 g/mol. The summed E-state index contributed by atoms with van der Waals surface area (Å²) >= 11 is 0. The average Bonchev–Trinajstić information content (AvgIpc) is 3.40. The van der Waals surface area contributed by atoms with Gasteiger partial charge in [-0.25, -0.2) is 4.79 Å². The van der Waals surface area contributed by atoms with Gasteiger partial charge in [-0.05, 0) is 46.0 Å². The maximum Gasteiger partial charge on any atom is 0.408 e. The third kappa shape index (κ3) is 4.37. The summed E-state index contributed by atoms with van der Waals surface area (Å²) in [6, 6.07) is -0.614. The van der Waals surface area contributed by atoms with Gasteiger partial charge in [0.1, 0.15) is 12.2 Å². The Morgan fingerprint density at radius 3 is 2.37 bits per heavy atom. The highest BCUT2D eigenvalue weighted by Gasteiger charge is 2.63. The summed E-state index contributed by atoms with van der Waals surface area (Å²) in [5.74, 6) is 0.919. The summed E-state index contributed by atoms with van der Waals surface area (Å²) in [7, 11) is 3.13. The summed E-state index contributed by atoms with van der Waals surface area (Å²) in [5, 5.41) is 2.88. The minimum Gasteiger partial charge on any atom is -0.444 e. The number of carbonyl (C=O) groups is 2. The molecule has 5 atom stereocenters. The van der Waals surface area contributed by atoms with Gasteiger partial charge in [-0.1, -0.05) is 12.8 Å². The molecular formula is C23H35NO6. The SMILES string of the molecule is C#C[C@@H]1CC(C(=O)[C@@H](NC(=O)OC(C)(C)C)C2CCCC2)[C@H]2[C@@H]1OCC2(OC)OC. The first-order chi connectivity index (χ1) is 14.2. The van der Waals surface area contributed by atoms with Gasteiger partial charge in [-0.3, -0.25) is 4.79 Å². The van der Waals surface area contributed by atoms with Crippen LogP contribution in [-0.4, -0.2) is 56.2 Å². The van der Waals surface area contributed by atoms with Crippen LogP contribution in [0.1, 0.15) is 52.9 Å². The normalized spacial score (nSPS) is 31.7. The number of amides is 1. The van der Waals surface area contributed by atoms with Gasteiger partial charge in [0, 0.05) is 26.1 Å². The minimum atomic E-state index is -1.01. The number of ketones is 1. The number of rotatable bonds is 6. The van der Waals surface area contributed by atoms with E-state index in [1.807, 2.05) is 0 Å². The molecule has 1 saturated heterocycles. The molecule has 0 aromatic heterocycles. The molecule has 1 N–H and O–H groups in total. The van der Waals surface area contributed by atoms with Gasteiger partial charge in [0.15, 0.2) is 11.6 Å². The molecule has 30 heavy (non-hydrogen) atoms. The second-order valence-corrected chi connectivity index (χ2v) is 9.71. The quantitative estimate of drug-likeness (QED) is 0.525. The molecule has 3 rings (SSSR count). The Morgan fingerprint density at radius 2 is 1.83 bits per heavy atom. The van der Waals surface area contributed by atoms with Crippen LogP contribution in [0.15, 0.2) is 0 Å². The molecule has 3 aliphatic rings. The molecule has 0 aromatic carbocycles. The Hall–Kier alpha value is -1.62. The van der Waals surface area contributed by atoms with Crippen LogP contribution in [0.2, 0.25) is 0 Å². The van der Waals surface area contributed by atoms with Crippen LogP contribution in [0.25, 0.3) is 0 Å². The van der Waals surface area contributed by atoms with Crippen molar-refractivity contribution in [2.24, 2.45) is 23.7 Å². The van der Waals surface area contributed by atoms with E-state index in [-0.39, 0.29) is 36.2 Å². The van der Waals surface area contributed by atoms with Crippen LogP contribution < -0.4 is 5.32 Å². The van der Waals surface area contributed by atoms with Crippen molar-refractivity contribution in [1.29, 1.82) is 0 Å². The van der Waals surface area contributed by atoms with Gasteiger partial charge in [-0.2, -0.15) is 0 Å². The number of carbonyl (C=O) groups excluding carboxylic acids is 2. The Morgan fingerprint density at radius 1 is 1.20 bits per heavy atom. The summed E-state index contributed by atoms with van der Waals surface area (Å²) in [6.45, 7) is 5.64. The summed E-state index contributed by atoms with van der Waals surface area (Å²) in [6.07, 6.45) is 9.31. The van der Waals surface area contributed by atoms with E-state index in [1.165, 1.54) is 0 Å². The summed E-state index contributed by atoms with van der Waals surface area (Å²) in [5.41, 5.74) is -0.638. The first-order valence-corrected chi connectivity index (χ1v) is 10.9. The van der Waals surface area contributed by atoms with Gasteiger partial charge in [0.2, 0.25) is 0 Å². The fraction of sp³-hybridized carbons (Fsp3) is 0.826. The van der Waals surface area contributed by atoms with Crippen molar-refractivity contribution in [2.75, 3.05) is 20.8 Å². The van der Waals surface area contributed by atoms with Gasteiger partial charge in [0.05, 0.1) is 18.1 Å². The van der Waals surface area contributed by atoms with Crippen molar-refractivity contribution in [3.8, 4) is 12.3 Å². The predicted octanol–water partition coefficient (Wildman–Crippen LogP) is 2.91. The molecule has 3 fully saturated rings. The van der Waals surface area contributed by atoms with E-state index in [1.54, 1.807) is 35.0 Å². The zero-order valence-corrected chi connectivity index (χ0v) is 18.7. The molecular weight excluding hydrogens is 386 g/mol. The molecule has 168 valence electrons. The van der Waals surface area contributed by atoms with Crippen LogP contribution in [0, 0.1) is 36.0 Å². The number of alkyl carbamates (subject to hydrolysis) is 1. The predicted molar refractivity (Wildman–Crippen MR) is 111 cm³/mol. The maximum absolute atomic E-state index is 13.9. The van der Waals surface area contributed by atoms with Crippen molar-refractivity contribution in [3.63, 3.8) is 0 Å². The standard InChI is InChI=1S/C23H35NO6/c1-7-14-12-16(17-20(14)29-13-23(17,27-5)28-6)19(25)18(15-10-8-9-11-15)24-21(26)30-22(2,3)4/h1,14-18,20H,8-13H2,2-6H3,(H,24,26)/t14-,16?,17+,18+,20-/m1/s1. The Bertz CT molecular complexity index is 683. The van der Waals surface area contributed by atoms with E-state index in [4.69, 9.17) is 25.4 Å². The molecule has 2 aliphatic carbocycles. The summed E-state index contributed by atoms with van der Waals surface area (Å²) < 4.78 is 22.8. The fourth-order valence-corrected chi connectivity index (χ4v) is 5.43. The fourth-order valence-electron chi connectivity index (χ4n) is 5.43. The van der Waals surface area contributed by atoms with Crippen LogP contribution in [-0.2, 0) is 23.7 Å². The highest BCUT2D eigenvalue weighted by molar-refractivity contribution is 5.90. The highest BCUT2D eigenvalue weighted by atomic mass is 16.7. The number of methoxy groups -OCH3 is 2. The molecule has 7 heteroatoms. The Balaban J connectivity index is 1.87. The number of ether oxygens (including phenoxy) is 4. The number of Topliss-reactive ketones (excluding diaryl/α,β-unsaturated/α-hetero) is 1. The Labute approximate surface area is 179 Å². The Kier molecular flexibility index (Phi) is 6.81. The van der Waals surface area contributed by atoms with Gasteiger partial charge in [-0.15, -0.1) is 12.3 Å². The summed E-state index contributed by atoms with van der Waals surface area (Å²) in [4.78, 5) is 26.4. The second kappa shape index (κ2) is 8.86. The number of hydrogen-bond acceptors (Lipinski definition) is 6. The maximum atomic E-state index is 13.9. The molecule has 7 nitrogen and oxygen atoms in total. The van der Waals surface area contributed by atoms with Crippen molar-refractivity contribution in [1.82, 2.24) is 5.32 Å². The minimum absolute atomic E-state index is 0.0236. The van der Waals surface area contributed by atoms with Gasteiger partial charge >= 0.3 is 6.09 Å². The van der Waals surface area contributed by atoms with Gasteiger partial charge < -0.3 is 24.3 Å².